The largest absolute Gasteiger partial charge is 3.00 e. The van der Waals surface area contributed by atoms with Gasteiger partial charge in [0.2, 0.25) is 10.4 Å². The molecule has 0 spiro atoms. The normalized spacial score (nSPS) is 11.2. The van der Waals surface area contributed by atoms with E-state index in [4.69, 9.17) is 0 Å². The fourth-order valence-corrected chi connectivity index (χ4v) is 2.07. The molecule has 0 amide bonds. The summed E-state index contributed by atoms with van der Waals surface area (Å²) in [6, 6.07) is 0. The second-order valence-corrected chi connectivity index (χ2v) is 5.46. The van der Waals surface area contributed by atoms with Crippen LogP contribution in [0.25, 0.3) is 0 Å². The van der Waals surface area contributed by atoms with Gasteiger partial charge in [0.25, 0.3) is 0 Å². The standard InChI is InChI=1S/C12H26O4S.Sc/c1-2-3-4-5-6-7-8-9-10-11-12-16-17(13,14)15;/h2-12H2,1H3,(H,13,14,15);/q;+3/p-1. The molecule has 104 valence electrons. The molecule has 0 aromatic heterocycles. The van der Waals surface area contributed by atoms with Gasteiger partial charge in [0.05, 0.1) is 6.61 Å². The van der Waals surface area contributed by atoms with E-state index in [-0.39, 0.29) is 32.5 Å². The SMILES string of the molecule is CCCCCCCCCCCCOS(=O)(=O)[O-].[Sc+3]. The summed E-state index contributed by atoms with van der Waals surface area (Å²) >= 11 is 0. The van der Waals surface area contributed by atoms with Crippen LogP contribution in [0.3, 0.4) is 0 Å². The van der Waals surface area contributed by atoms with Crippen LogP contribution in [0.4, 0.5) is 0 Å². The van der Waals surface area contributed by atoms with Gasteiger partial charge in [0, 0.05) is 0 Å². The van der Waals surface area contributed by atoms with Crippen molar-refractivity contribution in [2.24, 2.45) is 0 Å². The van der Waals surface area contributed by atoms with Crippen molar-refractivity contribution in [1.82, 2.24) is 0 Å². The minimum atomic E-state index is -4.48. The monoisotopic (exact) mass is 310 g/mol. The van der Waals surface area contributed by atoms with Crippen molar-refractivity contribution in [2.45, 2.75) is 71.1 Å². The van der Waals surface area contributed by atoms with E-state index in [0.29, 0.717) is 6.42 Å². The van der Waals surface area contributed by atoms with E-state index >= 15 is 0 Å². The summed E-state index contributed by atoms with van der Waals surface area (Å²) in [7, 11) is -4.48. The molecule has 0 radical (unpaired) electrons. The summed E-state index contributed by atoms with van der Waals surface area (Å²) in [5, 5.41) is 0. The smallest absolute Gasteiger partial charge is 0.726 e. The van der Waals surface area contributed by atoms with Crippen LogP contribution in [0.1, 0.15) is 71.1 Å². The fraction of sp³-hybridized carbons (Fsp3) is 1.00. The molecule has 0 rings (SSSR count). The van der Waals surface area contributed by atoms with Gasteiger partial charge in [-0.1, -0.05) is 64.7 Å². The summed E-state index contributed by atoms with van der Waals surface area (Å²) in [6.45, 7) is 2.24. The Bertz CT molecular complexity index is 255. The van der Waals surface area contributed by atoms with E-state index in [1.807, 2.05) is 0 Å². The number of hydrogen-bond acceptors (Lipinski definition) is 4. The third-order valence-electron chi connectivity index (χ3n) is 2.73. The van der Waals surface area contributed by atoms with Crippen molar-refractivity contribution in [2.75, 3.05) is 6.61 Å². The second-order valence-electron chi connectivity index (χ2n) is 4.41. The molecule has 18 heavy (non-hydrogen) atoms. The van der Waals surface area contributed by atoms with Gasteiger partial charge in [0.1, 0.15) is 0 Å². The molecule has 0 aliphatic heterocycles. The first-order valence-electron chi connectivity index (χ1n) is 6.66. The first-order valence-corrected chi connectivity index (χ1v) is 8.00. The topological polar surface area (TPSA) is 66.4 Å². The van der Waals surface area contributed by atoms with Crippen LogP contribution < -0.4 is 0 Å². The van der Waals surface area contributed by atoms with Gasteiger partial charge in [-0.05, 0) is 6.42 Å². The van der Waals surface area contributed by atoms with Crippen molar-refractivity contribution in [3.63, 3.8) is 0 Å². The van der Waals surface area contributed by atoms with E-state index in [1.165, 1.54) is 44.9 Å². The molecular weight excluding hydrogens is 285 g/mol. The summed E-state index contributed by atoms with van der Waals surface area (Å²) in [6.07, 6.45) is 11.7. The maximum atomic E-state index is 10.1. The van der Waals surface area contributed by atoms with Crippen LogP contribution in [0.15, 0.2) is 0 Å². The van der Waals surface area contributed by atoms with Gasteiger partial charge in [0.15, 0.2) is 0 Å². The zero-order valence-electron chi connectivity index (χ0n) is 11.4. The van der Waals surface area contributed by atoms with Gasteiger partial charge in [-0.25, -0.2) is 8.42 Å². The number of hydrogen-bond donors (Lipinski definition) is 0. The summed E-state index contributed by atoms with van der Waals surface area (Å²) in [5.74, 6) is 0. The van der Waals surface area contributed by atoms with Crippen LogP contribution in [-0.2, 0) is 40.4 Å². The molecule has 0 fully saturated rings. The Balaban J connectivity index is 0. The van der Waals surface area contributed by atoms with E-state index < -0.39 is 10.4 Å². The Morgan fingerprint density at radius 3 is 1.61 bits per heavy atom. The predicted molar refractivity (Wildman–Crippen MR) is 67.5 cm³/mol. The molecule has 0 aliphatic carbocycles. The van der Waals surface area contributed by atoms with Gasteiger partial charge in [-0.3, -0.25) is 4.18 Å². The molecule has 0 saturated heterocycles. The van der Waals surface area contributed by atoms with Gasteiger partial charge in [-0.2, -0.15) is 0 Å². The molecule has 0 bridgehead atoms. The van der Waals surface area contributed by atoms with Crippen molar-refractivity contribution in [3.05, 3.63) is 0 Å². The maximum Gasteiger partial charge on any atom is 3.00 e. The van der Waals surface area contributed by atoms with E-state index in [9.17, 15) is 13.0 Å². The number of unbranched alkanes of at least 4 members (excludes halogenated alkanes) is 9. The zero-order chi connectivity index (χ0) is 13.0. The Morgan fingerprint density at radius 1 is 0.833 bits per heavy atom. The molecule has 0 unspecified atom stereocenters. The predicted octanol–water partition coefficient (Wildman–Crippen LogP) is 3.38. The van der Waals surface area contributed by atoms with Crippen LogP contribution in [-0.4, -0.2) is 19.6 Å². The van der Waals surface area contributed by atoms with Crippen LogP contribution in [0, 0.1) is 0 Å². The Labute approximate surface area is 131 Å². The van der Waals surface area contributed by atoms with Crippen LogP contribution in [0.5, 0.6) is 0 Å². The molecule has 0 N–H and O–H groups in total. The van der Waals surface area contributed by atoms with Crippen LogP contribution >= 0.6 is 0 Å². The molecule has 0 saturated carbocycles. The van der Waals surface area contributed by atoms with Crippen LogP contribution in [0.2, 0.25) is 0 Å². The van der Waals surface area contributed by atoms with E-state index in [1.54, 1.807) is 0 Å². The molecular formula is C12H25O4SSc+2. The van der Waals surface area contributed by atoms with Crippen molar-refractivity contribution in [1.29, 1.82) is 0 Å². The molecule has 0 heterocycles. The summed E-state index contributed by atoms with van der Waals surface area (Å²) < 4.78 is 34.5. The Hall–Kier alpha value is 0.740. The fourth-order valence-electron chi connectivity index (χ4n) is 1.75. The minimum Gasteiger partial charge on any atom is -0.726 e. The summed E-state index contributed by atoms with van der Waals surface area (Å²) in [4.78, 5) is 0. The first-order chi connectivity index (χ1) is 8.06. The van der Waals surface area contributed by atoms with Crippen molar-refractivity contribution < 1.29 is 43.0 Å². The van der Waals surface area contributed by atoms with Gasteiger partial charge >= 0.3 is 25.8 Å². The molecule has 0 atom stereocenters. The Morgan fingerprint density at radius 2 is 1.22 bits per heavy atom. The van der Waals surface area contributed by atoms with E-state index in [2.05, 4.69) is 11.1 Å². The average Bonchev–Trinajstić information content (AvgIpc) is 2.24. The average molecular weight is 310 g/mol. The molecule has 6 heteroatoms. The third-order valence-corrected chi connectivity index (χ3v) is 3.18. The first kappa shape index (κ1) is 21.0. The zero-order valence-corrected chi connectivity index (χ0v) is 14.0. The molecule has 0 aromatic rings. The second kappa shape index (κ2) is 14.2. The quantitative estimate of drug-likeness (QED) is 0.315. The number of rotatable bonds is 12. The van der Waals surface area contributed by atoms with Gasteiger partial charge in [-0.15, -0.1) is 0 Å². The molecule has 4 nitrogen and oxygen atoms in total. The van der Waals surface area contributed by atoms with E-state index in [0.717, 1.165) is 12.8 Å². The minimum absolute atomic E-state index is 0. The summed E-state index contributed by atoms with van der Waals surface area (Å²) in [5.41, 5.74) is 0. The van der Waals surface area contributed by atoms with Crippen molar-refractivity contribution >= 4 is 10.4 Å². The van der Waals surface area contributed by atoms with Gasteiger partial charge < -0.3 is 4.55 Å². The van der Waals surface area contributed by atoms with Crippen molar-refractivity contribution in [3.8, 4) is 0 Å². The Kier molecular flexibility index (Phi) is 16.6. The maximum absolute atomic E-state index is 10.1. The molecule has 0 aliphatic rings. The molecule has 0 aromatic carbocycles. The third kappa shape index (κ3) is 19.1.